The molecule has 1 N–H and O–H groups in total. The van der Waals surface area contributed by atoms with Crippen molar-refractivity contribution in [2.24, 2.45) is 11.8 Å². The predicted octanol–water partition coefficient (Wildman–Crippen LogP) is 1.08. The average Bonchev–Trinajstić information content (AvgIpc) is 2.65. The van der Waals surface area contributed by atoms with Crippen molar-refractivity contribution in [3.8, 4) is 0 Å². The van der Waals surface area contributed by atoms with Crippen LogP contribution in [0.4, 0.5) is 0 Å². The molecule has 0 radical (unpaired) electrons. The van der Waals surface area contributed by atoms with E-state index >= 15 is 0 Å². The third-order valence-electron chi connectivity index (χ3n) is 3.08. The number of ether oxygens (including phenoxy) is 1. The number of aliphatic hydroxyl groups is 1. The fourth-order valence-corrected chi connectivity index (χ4v) is 2.19. The van der Waals surface area contributed by atoms with Crippen LogP contribution in [0.3, 0.4) is 0 Å². The third kappa shape index (κ3) is 2.92. The minimum atomic E-state index is -1.17. The van der Waals surface area contributed by atoms with E-state index in [-0.39, 0.29) is 24.0 Å². The molecule has 0 spiro atoms. The fourth-order valence-electron chi connectivity index (χ4n) is 2.19. The minimum Gasteiger partial charge on any atom is -0.467 e. The van der Waals surface area contributed by atoms with Crippen LogP contribution in [-0.2, 0) is 14.3 Å². The summed E-state index contributed by atoms with van der Waals surface area (Å²) < 4.78 is 4.49. The Morgan fingerprint density at radius 1 is 1.62 bits per heavy atom. The number of esters is 1. The van der Waals surface area contributed by atoms with Gasteiger partial charge in [0.15, 0.2) is 6.10 Å². The molecule has 0 aliphatic heterocycles. The molecule has 90 valence electrons. The number of aliphatic hydroxyl groups excluding tert-OH is 1. The van der Waals surface area contributed by atoms with Crippen molar-refractivity contribution >= 4 is 11.8 Å². The Kier molecular flexibility index (Phi) is 4.68. The van der Waals surface area contributed by atoms with Gasteiger partial charge in [0.05, 0.1) is 7.11 Å². The highest BCUT2D eigenvalue weighted by atomic mass is 16.5. The molecule has 4 heteroatoms. The Morgan fingerprint density at radius 2 is 2.31 bits per heavy atom. The van der Waals surface area contributed by atoms with Gasteiger partial charge in [-0.3, -0.25) is 4.79 Å². The van der Waals surface area contributed by atoms with E-state index in [4.69, 9.17) is 0 Å². The Labute approximate surface area is 95.3 Å². The van der Waals surface area contributed by atoms with E-state index in [0.29, 0.717) is 6.42 Å². The largest absolute Gasteiger partial charge is 0.467 e. The van der Waals surface area contributed by atoms with Gasteiger partial charge in [0.2, 0.25) is 0 Å². The second-order valence-corrected chi connectivity index (χ2v) is 4.14. The van der Waals surface area contributed by atoms with Gasteiger partial charge in [0.1, 0.15) is 5.78 Å². The maximum Gasteiger partial charge on any atom is 0.334 e. The van der Waals surface area contributed by atoms with Crippen LogP contribution in [0.25, 0.3) is 0 Å². The van der Waals surface area contributed by atoms with E-state index in [1.165, 1.54) is 7.11 Å². The molecule has 1 aliphatic rings. The summed E-state index contributed by atoms with van der Waals surface area (Å²) in [4.78, 5) is 22.6. The Morgan fingerprint density at radius 3 is 2.88 bits per heavy atom. The number of carbonyl (C=O) groups excluding carboxylic acids is 2. The number of ketones is 1. The SMILES string of the molecule is C/C=C\CC1CC(=O)CC1C(O)C(=O)OC. The molecular formula is C12H18O4. The first kappa shape index (κ1) is 12.9. The molecule has 4 nitrogen and oxygen atoms in total. The fraction of sp³-hybridized carbons (Fsp3) is 0.667. The third-order valence-corrected chi connectivity index (χ3v) is 3.08. The lowest BCUT2D eigenvalue weighted by Gasteiger charge is -2.21. The molecule has 0 aromatic heterocycles. The second kappa shape index (κ2) is 5.80. The number of allylic oxidation sites excluding steroid dienone is 2. The number of rotatable bonds is 4. The van der Waals surface area contributed by atoms with Gasteiger partial charge in [-0.2, -0.15) is 0 Å². The molecule has 0 aromatic rings. The summed E-state index contributed by atoms with van der Waals surface area (Å²) in [6.07, 6.45) is 4.14. The zero-order valence-electron chi connectivity index (χ0n) is 9.68. The van der Waals surface area contributed by atoms with Gasteiger partial charge in [-0.15, -0.1) is 0 Å². The lowest BCUT2D eigenvalue weighted by Crippen LogP contribution is -2.32. The highest BCUT2D eigenvalue weighted by molar-refractivity contribution is 5.83. The Bertz CT molecular complexity index is 295. The van der Waals surface area contributed by atoms with Crippen molar-refractivity contribution in [1.82, 2.24) is 0 Å². The summed E-state index contributed by atoms with van der Waals surface area (Å²) in [5.41, 5.74) is 0. The number of hydrogen-bond acceptors (Lipinski definition) is 4. The molecule has 0 saturated heterocycles. The monoisotopic (exact) mass is 226 g/mol. The highest BCUT2D eigenvalue weighted by Gasteiger charge is 2.40. The number of methoxy groups -OCH3 is 1. The van der Waals surface area contributed by atoms with Crippen LogP contribution in [-0.4, -0.2) is 30.1 Å². The summed E-state index contributed by atoms with van der Waals surface area (Å²) >= 11 is 0. The molecular weight excluding hydrogens is 208 g/mol. The molecule has 0 heterocycles. The van der Waals surface area contributed by atoms with Crippen LogP contribution in [0.1, 0.15) is 26.2 Å². The highest BCUT2D eigenvalue weighted by Crippen LogP contribution is 2.34. The molecule has 3 atom stereocenters. The molecule has 0 aromatic carbocycles. The van der Waals surface area contributed by atoms with E-state index < -0.39 is 12.1 Å². The molecule has 0 amide bonds. The first-order valence-electron chi connectivity index (χ1n) is 5.48. The molecule has 1 fully saturated rings. The molecule has 1 saturated carbocycles. The second-order valence-electron chi connectivity index (χ2n) is 4.14. The van der Waals surface area contributed by atoms with Crippen molar-refractivity contribution in [1.29, 1.82) is 0 Å². The summed E-state index contributed by atoms with van der Waals surface area (Å²) in [7, 11) is 1.24. The van der Waals surface area contributed by atoms with Gasteiger partial charge in [-0.1, -0.05) is 12.2 Å². The molecule has 0 bridgehead atoms. The zero-order valence-corrected chi connectivity index (χ0v) is 9.68. The van der Waals surface area contributed by atoms with Gasteiger partial charge >= 0.3 is 5.97 Å². The van der Waals surface area contributed by atoms with Crippen molar-refractivity contribution < 1.29 is 19.4 Å². The van der Waals surface area contributed by atoms with Crippen LogP contribution >= 0.6 is 0 Å². The van der Waals surface area contributed by atoms with Crippen molar-refractivity contribution in [2.45, 2.75) is 32.3 Å². The molecule has 1 aliphatic carbocycles. The van der Waals surface area contributed by atoms with Gasteiger partial charge in [0.25, 0.3) is 0 Å². The van der Waals surface area contributed by atoms with E-state index in [2.05, 4.69) is 4.74 Å². The Balaban J connectivity index is 2.68. The minimum absolute atomic E-state index is 0.0535. The zero-order chi connectivity index (χ0) is 12.1. The molecule has 3 unspecified atom stereocenters. The first-order chi connectivity index (χ1) is 7.60. The lowest BCUT2D eigenvalue weighted by molar-refractivity contribution is -0.154. The number of hydrogen-bond donors (Lipinski definition) is 1. The Hall–Kier alpha value is -1.16. The van der Waals surface area contributed by atoms with Gasteiger partial charge in [-0.25, -0.2) is 4.79 Å². The standard InChI is InChI=1S/C12H18O4/c1-3-4-5-8-6-9(13)7-10(8)11(14)12(15)16-2/h3-4,8,10-11,14H,5-7H2,1-2H3/b4-3-. The van der Waals surface area contributed by atoms with Crippen molar-refractivity contribution in [3.63, 3.8) is 0 Å². The summed E-state index contributed by atoms with van der Waals surface area (Å²) in [5, 5.41) is 9.75. The van der Waals surface area contributed by atoms with Crippen molar-refractivity contribution in [2.75, 3.05) is 7.11 Å². The van der Waals surface area contributed by atoms with E-state index in [0.717, 1.165) is 6.42 Å². The predicted molar refractivity (Wildman–Crippen MR) is 58.7 cm³/mol. The molecule has 1 rings (SSSR count). The summed E-state index contributed by atoms with van der Waals surface area (Å²) in [6.45, 7) is 1.91. The van der Waals surface area contributed by atoms with Gasteiger partial charge in [0, 0.05) is 18.8 Å². The smallest absolute Gasteiger partial charge is 0.334 e. The van der Waals surface area contributed by atoms with Crippen molar-refractivity contribution in [3.05, 3.63) is 12.2 Å². The van der Waals surface area contributed by atoms with Crippen LogP contribution in [0, 0.1) is 11.8 Å². The first-order valence-corrected chi connectivity index (χ1v) is 5.48. The number of Topliss-reactive ketones (excluding diaryl/α,β-unsaturated/α-hetero) is 1. The normalized spacial score (nSPS) is 27.3. The topological polar surface area (TPSA) is 63.6 Å². The van der Waals surface area contributed by atoms with E-state index in [1.807, 2.05) is 19.1 Å². The van der Waals surface area contributed by atoms with Gasteiger partial charge in [-0.05, 0) is 19.3 Å². The summed E-state index contributed by atoms with van der Waals surface area (Å²) in [6, 6.07) is 0. The van der Waals surface area contributed by atoms with E-state index in [9.17, 15) is 14.7 Å². The maximum atomic E-state index is 11.4. The van der Waals surface area contributed by atoms with Crippen LogP contribution < -0.4 is 0 Å². The van der Waals surface area contributed by atoms with Crippen LogP contribution in [0.15, 0.2) is 12.2 Å². The van der Waals surface area contributed by atoms with Crippen LogP contribution in [0.5, 0.6) is 0 Å². The van der Waals surface area contributed by atoms with Gasteiger partial charge < -0.3 is 9.84 Å². The van der Waals surface area contributed by atoms with E-state index in [1.54, 1.807) is 0 Å². The number of carbonyl (C=O) groups is 2. The lowest BCUT2D eigenvalue weighted by atomic mass is 9.88. The maximum absolute atomic E-state index is 11.4. The summed E-state index contributed by atoms with van der Waals surface area (Å²) in [5.74, 6) is -0.776. The molecule has 16 heavy (non-hydrogen) atoms. The average molecular weight is 226 g/mol. The van der Waals surface area contributed by atoms with Crippen LogP contribution in [0.2, 0.25) is 0 Å². The quantitative estimate of drug-likeness (QED) is 0.575.